The molecule has 7 nitrogen and oxygen atoms in total. The van der Waals surface area contributed by atoms with Crippen molar-refractivity contribution in [3.63, 3.8) is 0 Å². The topological polar surface area (TPSA) is 71.7 Å². The normalized spacial score (nSPS) is 16.0. The lowest BCUT2D eigenvalue weighted by molar-refractivity contribution is -0.139. The molecule has 1 aromatic carbocycles. The van der Waals surface area contributed by atoms with Crippen LogP contribution in [0.3, 0.4) is 0 Å². The predicted octanol–water partition coefficient (Wildman–Crippen LogP) is 3.56. The molecular weight excluding hydrogens is 412 g/mol. The summed E-state index contributed by atoms with van der Waals surface area (Å²) in [6.07, 6.45) is -0.592. The molecule has 1 aliphatic rings. The Balaban J connectivity index is 1.28. The number of ether oxygens (including phenoxy) is 1. The van der Waals surface area contributed by atoms with Crippen molar-refractivity contribution in [2.45, 2.75) is 19.6 Å². The first-order chi connectivity index (χ1) is 14.1. The number of halogens is 1. The average Bonchev–Trinajstić information content (AvgIpc) is 3.41. The van der Waals surface area contributed by atoms with E-state index in [4.69, 9.17) is 20.9 Å². The Labute approximate surface area is 177 Å². The minimum absolute atomic E-state index is 0.0395. The van der Waals surface area contributed by atoms with Gasteiger partial charge >= 0.3 is 0 Å². The fraction of sp³-hybridized carbons (Fsp3) is 0.350. The highest BCUT2D eigenvalue weighted by Crippen LogP contribution is 2.25. The number of thiophene rings is 1. The summed E-state index contributed by atoms with van der Waals surface area (Å²) in [7, 11) is 0. The van der Waals surface area contributed by atoms with E-state index in [-0.39, 0.29) is 5.91 Å². The molecule has 1 aliphatic heterocycles. The van der Waals surface area contributed by atoms with Crippen LogP contribution in [0.15, 0.2) is 46.3 Å². The van der Waals surface area contributed by atoms with E-state index in [9.17, 15) is 4.79 Å². The second kappa shape index (κ2) is 8.94. The number of para-hydroxylation sites is 1. The number of carbonyl (C=O) groups is 1. The van der Waals surface area contributed by atoms with Crippen LogP contribution < -0.4 is 4.74 Å². The second-order valence-corrected chi connectivity index (χ2v) is 8.14. The molecular formula is C20H21ClN4O3S. The molecule has 0 saturated carbocycles. The van der Waals surface area contributed by atoms with Crippen molar-refractivity contribution < 1.29 is 14.1 Å². The lowest BCUT2D eigenvalue weighted by atomic mass is 10.2. The zero-order valence-corrected chi connectivity index (χ0v) is 17.5. The molecule has 4 rings (SSSR count). The first-order valence-corrected chi connectivity index (χ1v) is 10.6. The fourth-order valence-corrected chi connectivity index (χ4v) is 4.01. The Morgan fingerprint density at radius 3 is 2.76 bits per heavy atom. The maximum absolute atomic E-state index is 12.7. The third kappa shape index (κ3) is 4.77. The van der Waals surface area contributed by atoms with Crippen LogP contribution in [0.5, 0.6) is 5.75 Å². The third-order valence-corrected chi connectivity index (χ3v) is 5.92. The molecule has 3 aromatic rings. The molecule has 3 heterocycles. The summed E-state index contributed by atoms with van der Waals surface area (Å²) in [5.41, 5.74) is 0. The van der Waals surface area contributed by atoms with Crippen molar-refractivity contribution in [1.29, 1.82) is 0 Å². The van der Waals surface area contributed by atoms with Gasteiger partial charge in [0.25, 0.3) is 5.91 Å². The SMILES string of the molecule is CC(Oc1ccccc1Cl)C(=O)N1CCN(Cc2nc(-c3cccs3)no2)CC1. The van der Waals surface area contributed by atoms with E-state index in [0.717, 1.165) is 18.0 Å². The lowest BCUT2D eigenvalue weighted by Gasteiger charge is -2.35. The van der Waals surface area contributed by atoms with Crippen molar-refractivity contribution in [3.05, 3.63) is 52.7 Å². The number of rotatable bonds is 6. The van der Waals surface area contributed by atoms with Crippen LogP contribution >= 0.6 is 22.9 Å². The van der Waals surface area contributed by atoms with Crippen molar-refractivity contribution in [3.8, 4) is 16.5 Å². The summed E-state index contributed by atoms with van der Waals surface area (Å²) in [6.45, 7) is 5.05. The van der Waals surface area contributed by atoms with E-state index in [2.05, 4.69) is 15.0 Å². The highest BCUT2D eigenvalue weighted by Gasteiger charge is 2.27. The van der Waals surface area contributed by atoms with Gasteiger partial charge in [0.2, 0.25) is 11.7 Å². The number of nitrogens with zero attached hydrogens (tertiary/aromatic N) is 4. The molecule has 0 spiro atoms. The van der Waals surface area contributed by atoms with Crippen molar-refractivity contribution in [2.75, 3.05) is 26.2 Å². The lowest BCUT2D eigenvalue weighted by Crippen LogP contribution is -2.51. The standard InChI is InChI=1S/C20H21ClN4O3S/c1-14(27-16-6-3-2-5-15(16)21)20(26)25-10-8-24(9-11-25)13-18-22-19(23-28-18)17-7-4-12-29-17/h2-7,12,14H,8-11,13H2,1H3. The average molecular weight is 433 g/mol. The molecule has 1 unspecified atom stereocenters. The highest BCUT2D eigenvalue weighted by molar-refractivity contribution is 7.13. The summed E-state index contributed by atoms with van der Waals surface area (Å²) >= 11 is 7.69. The van der Waals surface area contributed by atoms with Crippen molar-refractivity contribution >= 4 is 28.8 Å². The number of piperazine rings is 1. The van der Waals surface area contributed by atoms with Gasteiger partial charge in [0.05, 0.1) is 16.4 Å². The van der Waals surface area contributed by atoms with E-state index >= 15 is 0 Å². The van der Waals surface area contributed by atoms with Gasteiger partial charge in [-0.3, -0.25) is 9.69 Å². The van der Waals surface area contributed by atoms with Crippen molar-refractivity contribution in [2.24, 2.45) is 0 Å². The van der Waals surface area contributed by atoms with Crippen LogP contribution in [-0.2, 0) is 11.3 Å². The van der Waals surface area contributed by atoms with E-state index in [1.54, 1.807) is 30.4 Å². The van der Waals surface area contributed by atoms with Gasteiger partial charge in [-0.25, -0.2) is 0 Å². The molecule has 1 atom stereocenters. The first-order valence-electron chi connectivity index (χ1n) is 9.39. The molecule has 0 N–H and O–H groups in total. The molecule has 0 bridgehead atoms. The minimum Gasteiger partial charge on any atom is -0.479 e. The summed E-state index contributed by atoms with van der Waals surface area (Å²) in [5.74, 6) is 1.69. The van der Waals surface area contributed by atoms with Gasteiger partial charge < -0.3 is 14.2 Å². The zero-order valence-electron chi connectivity index (χ0n) is 16.0. The number of aromatic nitrogens is 2. The van der Waals surface area contributed by atoms with E-state index in [1.807, 2.05) is 34.5 Å². The predicted molar refractivity (Wildman–Crippen MR) is 111 cm³/mol. The second-order valence-electron chi connectivity index (χ2n) is 6.78. The number of hydrogen-bond acceptors (Lipinski definition) is 7. The summed E-state index contributed by atoms with van der Waals surface area (Å²) in [4.78, 5) is 22.2. The Bertz CT molecular complexity index is 954. The molecule has 0 aliphatic carbocycles. The van der Waals surface area contributed by atoms with Gasteiger partial charge in [-0.2, -0.15) is 4.98 Å². The quantitative estimate of drug-likeness (QED) is 0.593. The van der Waals surface area contributed by atoms with Gasteiger partial charge in [-0.1, -0.05) is 35.0 Å². The maximum atomic E-state index is 12.7. The molecule has 2 aromatic heterocycles. The van der Waals surface area contributed by atoms with E-state index in [0.29, 0.717) is 42.1 Å². The Hall–Kier alpha value is -2.42. The maximum Gasteiger partial charge on any atom is 0.263 e. The molecule has 0 radical (unpaired) electrons. The van der Waals surface area contributed by atoms with Crippen LogP contribution in [0.2, 0.25) is 5.02 Å². The van der Waals surface area contributed by atoms with Crippen LogP contribution in [0.4, 0.5) is 0 Å². The Morgan fingerprint density at radius 1 is 1.24 bits per heavy atom. The third-order valence-electron chi connectivity index (χ3n) is 4.74. The van der Waals surface area contributed by atoms with E-state index in [1.165, 1.54) is 0 Å². The number of carbonyl (C=O) groups excluding carboxylic acids is 1. The Kier molecular flexibility index (Phi) is 6.13. The monoisotopic (exact) mass is 432 g/mol. The molecule has 1 fully saturated rings. The highest BCUT2D eigenvalue weighted by atomic mass is 35.5. The first kappa shape index (κ1) is 19.9. The van der Waals surface area contributed by atoms with Crippen molar-refractivity contribution in [1.82, 2.24) is 19.9 Å². The zero-order chi connectivity index (χ0) is 20.2. The number of benzene rings is 1. The molecule has 1 saturated heterocycles. The number of amides is 1. The van der Waals surface area contributed by atoms with Gasteiger partial charge in [0.15, 0.2) is 6.10 Å². The van der Waals surface area contributed by atoms with Crippen LogP contribution in [0.25, 0.3) is 10.7 Å². The largest absolute Gasteiger partial charge is 0.479 e. The summed E-state index contributed by atoms with van der Waals surface area (Å²) < 4.78 is 11.1. The van der Waals surface area contributed by atoms with Gasteiger partial charge in [-0.15, -0.1) is 11.3 Å². The van der Waals surface area contributed by atoms with Gasteiger partial charge in [0, 0.05) is 26.2 Å². The fourth-order valence-electron chi connectivity index (χ4n) is 3.18. The summed E-state index contributed by atoms with van der Waals surface area (Å²) in [6, 6.07) is 11.1. The van der Waals surface area contributed by atoms with Crippen LogP contribution in [-0.4, -0.2) is 58.1 Å². The molecule has 29 heavy (non-hydrogen) atoms. The minimum atomic E-state index is -0.592. The smallest absolute Gasteiger partial charge is 0.263 e. The molecule has 152 valence electrons. The van der Waals surface area contributed by atoms with Gasteiger partial charge in [0.1, 0.15) is 5.75 Å². The molecule has 9 heteroatoms. The molecule has 1 amide bonds. The van der Waals surface area contributed by atoms with Crippen LogP contribution in [0, 0.1) is 0 Å². The van der Waals surface area contributed by atoms with Gasteiger partial charge in [-0.05, 0) is 30.5 Å². The van der Waals surface area contributed by atoms with E-state index < -0.39 is 6.10 Å². The number of hydrogen-bond donors (Lipinski definition) is 0. The Morgan fingerprint density at radius 2 is 2.03 bits per heavy atom. The summed E-state index contributed by atoms with van der Waals surface area (Å²) in [5, 5.41) is 6.53. The van der Waals surface area contributed by atoms with Crippen LogP contribution in [0.1, 0.15) is 12.8 Å².